The zero-order valence-electron chi connectivity index (χ0n) is 8.42. The number of nitrogens with two attached hydrogens (primary N) is 1. The number of carbonyl (C=O) groups excluding carboxylic acids is 1. The van der Waals surface area contributed by atoms with Crippen LogP contribution in [0.4, 0.5) is 5.69 Å². The van der Waals surface area contributed by atoms with Gasteiger partial charge in [-0.25, -0.2) is 0 Å². The standard InChI is InChI=1S/C9H13NOS3/c1-4-5(11)7-6(10)8(12-2)9(13-3)14-7/h4,10H2,1-3H3. The van der Waals surface area contributed by atoms with Crippen LogP contribution in [-0.2, 0) is 0 Å². The molecule has 0 aliphatic rings. The molecule has 0 fully saturated rings. The van der Waals surface area contributed by atoms with E-state index in [9.17, 15) is 4.79 Å². The number of hydrogen-bond acceptors (Lipinski definition) is 5. The minimum absolute atomic E-state index is 0.142. The topological polar surface area (TPSA) is 43.1 Å². The fourth-order valence-electron chi connectivity index (χ4n) is 1.10. The maximum atomic E-state index is 11.5. The number of Topliss-reactive ketones (excluding diaryl/α,β-unsaturated/α-hetero) is 1. The number of rotatable bonds is 4. The molecule has 0 aromatic carbocycles. The van der Waals surface area contributed by atoms with Crippen LogP contribution in [0.5, 0.6) is 0 Å². The summed E-state index contributed by atoms with van der Waals surface area (Å²) in [6.45, 7) is 1.86. The van der Waals surface area contributed by atoms with Gasteiger partial charge >= 0.3 is 0 Å². The number of anilines is 1. The largest absolute Gasteiger partial charge is 0.397 e. The lowest BCUT2D eigenvalue weighted by Crippen LogP contribution is -1.97. The lowest BCUT2D eigenvalue weighted by atomic mass is 10.2. The zero-order chi connectivity index (χ0) is 10.7. The van der Waals surface area contributed by atoms with Crippen LogP contribution < -0.4 is 5.73 Å². The van der Waals surface area contributed by atoms with E-state index >= 15 is 0 Å². The molecule has 0 bridgehead atoms. The fraction of sp³-hybridized carbons (Fsp3) is 0.444. The van der Waals surface area contributed by atoms with E-state index in [1.807, 2.05) is 19.4 Å². The molecule has 1 aromatic heterocycles. The first kappa shape index (κ1) is 11.9. The molecule has 0 aliphatic carbocycles. The van der Waals surface area contributed by atoms with Crippen molar-refractivity contribution in [2.75, 3.05) is 18.2 Å². The Hall–Kier alpha value is -0.130. The van der Waals surface area contributed by atoms with Gasteiger partial charge in [-0.3, -0.25) is 4.79 Å². The fourth-order valence-corrected chi connectivity index (χ4v) is 4.27. The summed E-state index contributed by atoms with van der Waals surface area (Å²) in [5.41, 5.74) is 6.59. The quantitative estimate of drug-likeness (QED) is 0.654. The number of nitrogen functional groups attached to an aromatic ring is 1. The van der Waals surface area contributed by atoms with Gasteiger partial charge in [0.05, 0.1) is 19.7 Å². The lowest BCUT2D eigenvalue weighted by Gasteiger charge is -1.97. The van der Waals surface area contributed by atoms with Gasteiger partial charge in [-0.1, -0.05) is 6.92 Å². The molecule has 78 valence electrons. The molecule has 0 amide bonds. The molecule has 0 radical (unpaired) electrons. The molecule has 1 rings (SSSR count). The summed E-state index contributed by atoms with van der Waals surface area (Å²) in [7, 11) is 0. The SMILES string of the molecule is CCC(=O)c1sc(SC)c(SC)c1N. The van der Waals surface area contributed by atoms with Gasteiger partial charge in [0.15, 0.2) is 5.78 Å². The Morgan fingerprint density at radius 2 is 2.07 bits per heavy atom. The summed E-state index contributed by atoms with van der Waals surface area (Å²) < 4.78 is 1.15. The normalized spacial score (nSPS) is 10.5. The van der Waals surface area contributed by atoms with Crippen LogP contribution in [0, 0.1) is 0 Å². The summed E-state index contributed by atoms with van der Waals surface area (Å²) in [6.07, 6.45) is 4.51. The van der Waals surface area contributed by atoms with Gasteiger partial charge < -0.3 is 5.73 Å². The van der Waals surface area contributed by atoms with Gasteiger partial charge in [-0.15, -0.1) is 34.9 Å². The molecule has 0 saturated carbocycles. The smallest absolute Gasteiger partial charge is 0.174 e. The highest BCUT2D eigenvalue weighted by molar-refractivity contribution is 8.03. The van der Waals surface area contributed by atoms with Crippen molar-refractivity contribution in [3.05, 3.63) is 4.88 Å². The number of hydrogen-bond donors (Lipinski definition) is 1. The molecule has 0 unspecified atom stereocenters. The van der Waals surface area contributed by atoms with Gasteiger partial charge in [-0.2, -0.15) is 0 Å². The number of carbonyl (C=O) groups is 1. The lowest BCUT2D eigenvalue weighted by molar-refractivity contribution is 0.0992. The predicted molar refractivity (Wildman–Crippen MR) is 66.9 cm³/mol. The van der Waals surface area contributed by atoms with Gasteiger partial charge in [0.25, 0.3) is 0 Å². The highest BCUT2D eigenvalue weighted by Gasteiger charge is 2.18. The molecule has 2 N–H and O–H groups in total. The van der Waals surface area contributed by atoms with E-state index < -0.39 is 0 Å². The van der Waals surface area contributed by atoms with Gasteiger partial charge in [0.1, 0.15) is 0 Å². The molecule has 5 heteroatoms. The summed E-state index contributed by atoms with van der Waals surface area (Å²) in [4.78, 5) is 13.3. The van der Waals surface area contributed by atoms with E-state index in [1.165, 1.54) is 11.3 Å². The molecule has 0 atom stereocenters. The van der Waals surface area contributed by atoms with Crippen LogP contribution >= 0.6 is 34.9 Å². The molecule has 1 heterocycles. The third-order valence-corrected chi connectivity index (χ3v) is 5.29. The first-order valence-electron chi connectivity index (χ1n) is 4.19. The molecule has 14 heavy (non-hydrogen) atoms. The van der Waals surface area contributed by atoms with Crippen LogP contribution in [-0.4, -0.2) is 18.3 Å². The average Bonchev–Trinajstić information content (AvgIpc) is 2.53. The Kier molecular flexibility index (Phi) is 4.34. The van der Waals surface area contributed by atoms with Crippen molar-refractivity contribution in [1.82, 2.24) is 0 Å². The maximum absolute atomic E-state index is 11.5. The van der Waals surface area contributed by atoms with Crippen molar-refractivity contribution >= 4 is 46.3 Å². The second kappa shape index (κ2) is 5.09. The summed E-state index contributed by atoms with van der Waals surface area (Å²) >= 11 is 4.77. The van der Waals surface area contributed by atoms with Gasteiger partial charge in [0, 0.05) is 6.42 Å². The number of thiophene rings is 1. The van der Waals surface area contributed by atoms with Crippen molar-refractivity contribution < 1.29 is 4.79 Å². The predicted octanol–water partition coefficient (Wildman–Crippen LogP) is 3.37. The van der Waals surface area contributed by atoms with Gasteiger partial charge in [-0.05, 0) is 12.5 Å². The highest BCUT2D eigenvalue weighted by Crippen LogP contribution is 2.42. The van der Waals surface area contributed by atoms with E-state index in [2.05, 4.69) is 0 Å². The maximum Gasteiger partial charge on any atom is 0.174 e. The van der Waals surface area contributed by atoms with Crippen LogP contribution in [0.25, 0.3) is 0 Å². The minimum atomic E-state index is 0.142. The second-order valence-electron chi connectivity index (χ2n) is 2.65. The third-order valence-electron chi connectivity index (χ3n) is 1.83. The van der Waals surface area contributed by atoms with Gasteiger partial charge in [0.2, 0.25) is 0 Å². The monoisotopic (exact) mass is 247 g/mol. The van der Waals surface area contributed by atoms with Crippen LogP contribution in [0.3, 0.4) is 0 Å². The Morgan fingerprint density at radius 1 is 1.43 bits per heavy atom. The Morgan fingerprint density at radius 3 is 2.43 bits per heavy atom. The Labute approximate surface area is 96.6 Å². The van der Waals surface area contributed by atoms with Crippen molar-refractivity contribution in [3.8, 4) is 0 Å². The summed E-state index contributed by atoms with van der Waals surface area (Å²) in [5.74, 6) is 0.142. The van der Waals surface area contributed by atoms with Crippen molar-refractivity contribution in [2.24, 2.45) is 0 Å². The molecule has 0 spiro atoms. The number of ketones is 1. The van der Waals surface area contributed by atoms with E-state index in [0.717, 1.165) is 14.0 Å². The average molecular weight is 247 g/mol. The van der Waals surface area contributed by atoms with Crippen molar-refractivity contribution in [2.45, 2.75) is 22.4 Å². The Balaban J connectivity index is 3.20. The van der Waals surface area contributed by atoms with Crippen molar-refractivity contribution in [3.63, 3.8) is 0 Å². The van der Waals surface area contributed by atoms with Crippen LogP contribution in [0.15, 0.2) is 9.10 Å². The zero-order valence-corrected chi connectivity index (χ0v) is 10.9. The highest BCUT2D eigenvalue weighted by atomic mass is 32.2. The second-order valence-corrected chi connectivity index (χ2v) is 5.56. The molecule has 1 aromatic rings. The van der Waals surface area contributed by atoms with Crippen LogP contribution in [0.2, 0.25) is 0 Å². The van der Waals surface area contributed by atoms with E-state index in [4.69, 9.17) is 5.73 Å². The molecular weight excluding hydrogens is 234 g/mol. The summed E-state index contributed by atoms with van der Waals surface area (Å²) in [5, 5.41) is 0. The third kappa shape index (κ3) is 2.10. The van der Waals surface area contributed by atoms with E-state index in [-0.39, 0.29) is 5.78 Å². The first-order chi connectivity index (χ1) is 6.65. The molecule has 2 nitrogen and oxygen atoms in total. The minimum Gasteiger partial charge on any atom is -0.397 e. The van der Waals surface area contributed by atoms with Crippen LogP contribution in [0.1, 0.15) is 23.0 Å². The first-order valence-corrected chi connectivity index (χ1v) is 7.45. The van der Waals surface area contributed by atoms with E-state index in [1.54, 1.807) is 23.5 Å². The molecule has 0 aliphatic heterocycles. The van der Waals surface area contributed by atoms with E-state index in [0.29, 0.717) is 12.1 Å². The summed E-state index contributed by atoms with van der Waals surface area (Å²) in [6, 6.07) is 0. The Bertz CT molecular complexity index is 346. The number of thioether (sulfide) groups is 2. The molecular formula is C9H13NOS3. The molecule has 0 saturated heterocycles. The van der Waals surface area contributed by atoms with Crippen molar-refractivity contribution in [1.29, 1.82) is 0 Å².